The average Bonchev–Trinajstić information content (AvgIpc) is 2.35. The van der Waals surface area contributed by atoms with Crippen LogP contribution >= 0.6 is 0 Å². The van der Waals surface area contributed by atoms with Crippen LogP contribution in [0.25, 0.3) is 6.08 Å². The van der Waals surface area contributed by atoms with E-state index in [1.165, 1.54) is 13.2 Å². The van der Waals surface area contributed by atoms with Gasteiger partial charge in [0.1, 0.15) is 11.5 Å². The smallest absolute Gasteiger partial charge is 0.545 e. The van der Waals surface area contributed by atoms with Crippen LogP contribution in [0.3, 0.4) is 0 Å². The molecule has 0 spiro atoms. The van der Waals surface area contributed by atoms with Crippen molar-refractivity contribution in [1.82, 2.24) is 0 Å². The van der Waals surface area contributed by atoms with Gasteiger partial charge in [-0.3, -0.25) is 0 Å². The molecule has 1 N–H and O–H groups in total. The first-order valence-corrected chi connectivity index (χ1v) is 5.87. The predicted octanol–water partition coefficient (Wildman–Crippen LogP) is -1.32. The number of hydrogen-bond acceptors (Lipinski definition) is 4. The third-order valence-corrected chi connectivity index (χ3v) is 2.60. The number of benzene rings is 1. The van der Waals surface area contributed by atoms with Gasteiger partial charge in [0, 0.05) is 11.1 Å². The fourth-order valence-electron chi connectivity index (χ4n) is 1.62. The van der Waals surface area contributed by atoms with Crippen molar-refractivity contribution in [1.29, 1.82) is 0 Å². The second-order valence-corrected chi connectivity index (χ2v) is 4.32. The number of carboxylic acids is 1. The van der Waals surface area contributed by atoms with Crippen molar-refractivity contribution in [3.63, 3.8) is 0 Å². The number of phenolic OH excluding ortho intramolecular Hbond substituents is 1. The molecule has 0 unspecified atom stereocenters. The van der Waals surface area contributed by atoms with Crippen molar-refractivity contribution in [2.24, 2.45) is 0 Å². The summed E-state index contributed by atoms with van der Waals surface area (Å²) in [5.74, 6) is -0.712. The maximum Gasteiger partial charge on any atom is 1.00 e. The van der Waals surface area contributed by atoms with E-state index < -0.39 is 5.97 Å². The molecular formula is C15H17KO4. The first-order chi connectivity index (χ1) is 8.95. The number of phenols is 1. The van der Waals surface area contributed by atoms with Crippen molar-refractivity contribution >= 4 is 12.0 Å². The fraction of sp³-hybridized carbons (Fsp3) is 0.267. The van der Waals surface area contributed by atoms with Gasteiger partial charge < -0.3 is 19.7 Å². The Morgan fingerprint density at radius 3 is 2.55 bits per heavy atom. The summed E-state index contributed by atoms with van der Waals surface area (Å²) in [6, 6.07) is 3.29. The molecule has 0 fully saturated rings. The minimum atomic E-state index is -1.30. The molecule has 0 aliphatic carbocycles. The molecule has 0 atom stereocenters. The van der Waals surface area contributed by atoms with Crippen molar-refractivity contribution < 1.29 is 71.1 Å². The predicted molar refractivity (Wildman–Crippen MR) is 71.8 cm³/mol. The van der Waals surface area contributed by atoms with Crippen LogP contribution in [0.2, 0.25) is 0 Å². The van der Waals surface area contributed by atoms with E-state index in [9.17, 15) is 15.0 Å². The van der Waals surface area contributed by atoms with Gasteiger partial charge in [-0.15, -0.1) is 0 Å². The molecule has 1 rings (SSSR count). The summed E-state index contributed by atoms with van der Waals surface area (Å²) in [4.78, 5) is 10.4. The fourth-order valence-corrected chi connectivity index (χ4v) is 1.62. The van der Waals surface area contributed by atoms with Crippen LogP contribution in [0.4, 0.5) is 0 Å². The molecule has 4 nitrogen and oxygen atoms in total. The number of ether oxygens (including phenoxy) is 1. The van der Waals surface area contributed by atoms with Crippen LogP contribution in [0.15, 0.2) is 29.9 Å². The van der Waals surface area contributed by atoms with E-state index in [1.54, 1.807) is 12.1 Å². The molecule has 0 saturated carbocycles. The first kappa shape index (κ1) is 19.4. The number of methoxy groups -OCH3 is 1. The van der Waals surface area contributed by atoms with E-state index in [-0.39, 0.29) is 57.1 Å². The van der Waals surface area contributed by atoms with Crippen LogP contribution < -0.4 is 61.2 Å². The molecule has 0 heterocycles. The minimum Gasteiger partial charge on any atom is -0.545 e. The van der Waals surface area contributed by atoms with Gasteiger partial charge in [0.2, 0.25) is 0 Å². The summed E-state index contributed by atoms with van der Waals surface area (Å²) < 4.78 is 5.20. The molecule has 0 aromatic heterocycles. The standard InChI is InChI=1S/C15H18O4.K/c1-10(2)4-7-12-13(19-3)8-5-11(15(12)18)6-9-14(16)17;/h4-6,8-9,18H,7H2,1-3H3,(H,16,17);/q;+1/p-1/b9-6+;. The Morgan fingerprint density at radius 1 is 1.40 bits per heavy atom. The number of carbonyl (C=O) groups is 1. The molecule has 1 aromatic rings. The summed E-state index contributed by atoms with van der Waals surface area (Å²) >= 11 is 0. The summed E-state index contributed by atoms with van der Waals surface area (Å²) in [6.07, 6.45) is 4.66. The largest absolute Gasteiger partial charge is 1.00 e. The number of carbonyl (C=O) groups excluding carboxylic acids is 1. The molecular weight excluding hydrogens is 283 g/mol. The summed E-state index contributed by atoms with van der Waals surface area (Å²) in [6.45, 7) is 3.92. The Balaban J connectivity index is 0.00000361. The van der Waals surface area contributed by atoms with Crippen LogP contribution in [-0.4, -0.2) is 18.2 Å². The van der Waals surface area contributed by atoms with Gasteiger partial charge in [-0.2, -0.15) is 0 Å². The molecule has 0 aliphatic rings. The second kappa shape index (κ2) is 9.36. The minimum absolute atomic E-state index is 0. The molecule has 0 bridgehead atoms. The molecule has 0 amide bonds. The van der Waals surface area contributed by atoms with E-state index in [0.29, 0.717) is 23.3 Å². The van der Waals surface area contributed by atoms with Gasteiger partial charge >= 0.3 is 51.4 Å². The second-order valence-electron chi connectivity index (χ2n) is 4.32. The Hall–Kier alpha value is -0.594. The third-order valence-electron chi connectivity index (χ3n) is 2.60. The molecule has 0 aliphatic heterocycles. The maximum atomic E-state index is 10.4. The third kappa shape index (κ3) is 5.81. The van der Waals surface area contributed by atoms with Gasteiger partial charge in [-0.05, 0) is 44.6 Å². The first-order valence-electron chi connectivity index (χ1n) is 5.87. The zero-order chi connectivity index (χ0) is 14.4. The average molecular weight is 300 g/mol. The summed E-state index contributed by atoms with van der Waals surface area (Å²) in [5.41, 5.74) is 2.17. The number of allylic oxidation sites excluding steroid dienone is 2. The van der Waals surface area contributed by atoms with Crippen LogP contribution in [0.1, 0.15) is 25.0 Å². The molecule has 20 heavy (non-hydrogen) atoms. The molecule has 0 saturated heterocycles. The normalized spacial score (nSPS) is 9.95. The number of carboxylic acid groups (broad SMARTS) is 1. The van der Waals surface area contributed by atoms with Crippen LogP contribution in [-0.2, 0) is 11.2 Å². The monoisotopic (exact) mass is 300 g/mol. The van der Waals surface area contributed by atoms with Gasteiger partial charge in [-0.25, -0.2) is 0 Å². The van der Waals surface area contributed by atoms with Crippen molar-refractivity contribution in [3.05, 3.63) is 41.0 Å². The van der Waals surface area contributed by atoms with E-state index >= 15 is 0 Å². The van der Waals surface area contributed by atoms with Crippen LogP contribution in [0.5, 0.6) is 11.5 Å². The van der Waals surface area contributed by atoms with Gasteiger partial charge in [-0.1, -0.05) is 11.6 Å². The van der Waals surface area contributed by atoms with E-state index in [2.05, 4.69) is 0 Å². The zero-order valence-electron chi connectivity index (χ0n) is 12.3. The quantitative estimate of drug-likeness (QED) is 0.416. The number of aromatic hydroxyl groups is 1. The Labute approximate surface area is 161 Å². The topological polar surface area (TPSA) is 69.6 Å². The summed E-state index contributed by atoms with van der Waals surface area (Å²) in [5, 5.41) is 20.5. The van der Waals surface area contributed by atoms with Gasteiger partial charge in [0.15, 0.2) is 0 Å². The Bertz CT molecular complexity index is 529. The van der Waals surface area contributed by atoms with Crippen LogP contribution in [0, 0.1) is 0 Å². The van der Waals surface area contributed by atoms with Crippen molar-refractivity contribution in [2.75, 3.05) is 7.11 Å². The number of aliphatic carboxylic acids is 1. The number of rotatable bonds is 5. The van der Waals surface area contributed by atoms with Crippen molar-refractivity contribution in [2.45, 2.75) is 20.3 Å². The van der Waals surface area contributed by atoms with Gasteiger partial charge in [0.05, 0.1) is 13.1 Å². The van der Waals surface area contributed by atoms with Gasteiger partial charge in [0.25, 0.3) is 0 Å². The molecule has 102 valence electrons. The maximum absolute atomic E-state index is 10.4. The summed E-state index contributed by atoms with van der Waals surface area (Å²) in [7, 11) is 1.53. The van der Waals surface area contributed by atoms with Crippen molar-refractivity contribution in [3.8, 4) is 11.5 Å². The zero-order valence-corrected chi connectivity index (χ0v) is 15.4. The van der Waals surface area contributed by atoms with E-state index in [4.69, 9.17) is 4.74 Å². The Morgan fingerprint density at radius 2 is 2.05 bits per heavy atom. The SMILES string of the molecule is COc1ccc(/C=C/C(=O)[O-])c(O)c1CC=C(C)C.[K+]. The molecule has 0 radical (unpaired) electrons. The van der Waals surface area contributed by atoms with E-state index in [1.807, 2.05) is 19.9 Å². The number of hydrogen-bond donors (Lipinski definition) is 1. The molecule has 5 heteroatoms. The van der Waals surface area contributed by atoms with E-state index in [0.717, 1.165) is 11.6 Å². The Kier molecular flexibility index (Phi) is 9.08. The molecule has 1 aromatic carbocycles.